The maximum Gasteiger partial charge on any atom is 0.338 e. The van der Waals surface area contributed by atoms with Gasteiger partial charge in [-0.3, -0.25) is 0 Å². The van der Waals surface area contributed by atoms with Crippen LogP contribution in [0.4, 0.5) is 8.78 Å². The van der Waals surface area contributed by atoms with Crippen LogP contribution in [0.25, 0.3) is 25.1 Å². The van der Waals surface area contributed by atoms with E-state index in [0.29, 0.717) is 16.4 Å². The molecule has 4 nitrogen and oxygen atoms in total. The number of thiophene rings is 4. The van der Waals surface area contributed by atoms with Gasteiger partial charge in [0.15, 0.2) is 11.7 Å². The molecule has 0 aromatic carbocycles. The number of halogens is 2. The van der Waals surface area contributed by atoms with Crippen LogP contribution < -0.4 is 4.72 Å². The van der Waals surface area contributed by atoms with E-state index >= 15 is 4.39 Å². The minimum Gasteiger partial charge on any atom is -0.465 e. The summed E-state index contributed by atoms with van der Waals surface area (Å²) in [6.45, 7) is 17.0. The second kappa shape index (κ2) is 21.4. The third-order valence-corrected chi connectivity index (χ3v) is 16.7. The third-order valence-electron chi connectivity index (χ3n) is 11.2. The van der Waals surface area contributed by atoms with Gasteiger partial charge in [-0.25, -0.2) is 22.7 Å². The van der Waals surface area contributed by atoms with E-state index in [0.717, 1.165) is 59.6 Å². The lowest BCUT2D eigenvalue weighted by molar-refractivity contribution is 0.0601. The van der Waals surface area contributed by atoms with Gasteiger partial charge in [-0.05, 0) is 80.6 Å². The minimum absolute atomic E-state index is 0.106. The molecule has 0 radical (unpaired) electrons. The van der Waals surface area contributed by atoms with E-state index in [4.69, 9.17) is 4.74 Å². The number of carbonyl (C=O) groups is 1. The first-order valence-electron chi connectivity index (χ1n) is 19.5. The second-order valence-corrected chi connectivity index (χ2v) is 19.4. The van der Waals surface area contributed by atoms with E-state index in [1.54, 1.807) is 29.7 Å². The zero-order valence-corrected chi connectivity index (χ0v) is 37.8. The summed E-state index contributed by atoms with van der Waals surface area (Å²) in [6.07, 6.45) is 13.8. The largest absolute Gasteiger partial charge is 0.465 e. The molecule has 1 N–H and O–H groups in total. The molecule has 55 heavy (non-hydrogen) atoms. The van der Waals surface area contributed by atoms with E-state index in [1.807, 2.05) is 28.8 Å². The van der Waals surface area contributed by atoms with Gasteiger partial charge in [0.2, 0.25) is 0 Å². The highest BCUT2D eigenvalue weighted by Gasteiger charge is 2.48. The highest BCUT2D eigenvalue weighted by atomic mass is 32.2. The molecule has 0 aliphatic carbocycles. The van der Waals surface area contributed by atoms with Crippen LogP contribution in [0.3, 0.4) is 0 Å². The number of nitrogens with one attached hydrogen (secondary N) is 1. The van der Waals surface area contributed by atoms with E-state index in [9.17, 15) is 9.18 Å². The van der Waals surface area contributed by atoms with E-state index < -0.39 is 11.7 Å². The number of unbranched alkanes of at least 4 members (excludes halogenated alkanes) is 5. The molecule has 0 fully saturated rings. The summed E-state index contributed by atoms with van der Waals surface area (Å²) < 4.78 is 41.7. The van der Waals surface area contributed by atoms with E-state index in [1.165, 1.54) is 82.7 Å². The summed E-state index contributed by atoms with van der Waals surface area (Å²) in [7, 11) is 3.16. The summed E-state index contributed by atoms with van der Waals surface area (Å²) in [5.41, 5.74) is 1.55. The van der Waals surface area contributed by atoms with Crippen LogP contribution in [-0.4, -0.2) is 26.3 Å². The first kappa shape index (κ1) is 45.3. The fourth-order valence-corrected chi connectivity index (χ4v) is 13.1. The standard InChI is InChI=1S/C44H58F2N2O2S5/c1-10-14-15-16-17-18-19-29(5)24-31-25-37(33(27-48-55-47-8)40(46)30(6)45)54-41(31)36-21-20-34(52-36)35-22-23-38(53-35)44(12-3,13-4)43(7,11-2)39-26-32(28-51-39)42(49)50-9/h20-23,25-29,47H,6,10-19,24H2,1-5,7-9H3/b40-33-,48-27?. The molecule has 0 aliphatic rings. The quantitative estimate of drug-likeness (QED) is 0.0266. The molecule has 0 aliphatic heterocycles. The van der Waals surface area contributed by atoms with Gasteiger partial charge in [0.1, 0.15) is 0 Å². The fraction of sp³-hybridized carbons (Fsp3) is 0.500. The maximum atomic E-state index is 15.3. The molecule has 0 spiro atoms. The molecule has 11 heteroatoms. The van der Waals surface area contributed by atoms with Crippen molar-refractivity contribution in [3.05, 3.63) is 85.8 Å². The Balaban J connectivity index is 1.72. The van der Waals surface area contributed by atoms with Crippen LogP contribution in [0.1, 0.15) is 136 Å². The Morgan fingerprint density at radius 1 is 0.945 bits per heavy atom. The summed E-state index contributed by atoms with van der Waals surface area (Å²) in [5.74, 6) is -1.94. The van der Waals surface area contributed by atoms with Crippen molar-refractivity contribution in [1.82, 2.24) is 4.72 Å². The van der Waals surface area contributed by atoms with Gasteiger partial charge in [-0.2, -0.15) is 0 Å². The van der Waals surface area contributed by atoms with Crippen LogP contribution in [0, 0.1) is 5.92 Å². The molecule has 2 unspecified atom stereocenters. The van der Waals surface area contributed by atoms with Gasteiger partial charge >= 0.3 is 5.97 Å². The zero-order chi connectivity index (χ0) is 40.2. The summed E-state index contributed by atoms with van der Waals surface area (Å²) >= 11 is 7.81. The summed E-state index contributed by atoms with van der Waals surface area (Å²) in [5, 5.41) is 1.92. The molecule has 300 valence electrons. The Bertz CT molecular complexity index is 1910. The molecule has 0 saturated heterocycles. The van der Waals surface area contributed by atoms with Crippen LogP contribution in [0.2, 0.25) is 0 Å². The van der Waals surface area contributed by atoms with Gasteiger partial charge in [0.25, 0.3) is 0 Å². The Hall–Kier alpha value is -2.41. The van der Waals surface area contributed by atoms with E-state index in [-0.39, 0.29) is 22.4 Å². The van der Waals surface area contributed by atoms with Gasteiger partial charge < -0.3 is 4.74 Å². The topological polar surface area (TPSA) is 50.7 Å². The maximum absolute atomic E-state index is 15.3. The Morgan fingerprint density at radius 2 is 1.62 bits per heavy atom. The SMILES string of the molecule is C=C(F)/C(F)=C(\C=NSNC)c1cc(CC(C)CCCCCCCC)c(-c2ccc(-c3ccc(C(CC)(CC)C(C)(CC)c4cc(C(=O)OC)cs4)s3)s2)s1. The molecule has 2 atom stereocenters. The lowest BCUT2D eigenvalue weighted by Gasteiger charge is -2.47. The summed E-state index contributed by atoms with van der Waals surface area (Å²) in [6, 6.07) is 13.0. The van der Waals surface area contributed by atoms with Crippen molar-refractivity contribution in [2.75, 3.05) is 14.2 Å². The molecule has 0 amide bonds. The van der Waals surface area contributed by atoms with Crippen molar-refractivity contribution >= 4 is 75.2 Å². The molecule has 0 saturated carbocycles. The number of hydrogen-bond donors (Lipinski definition) is 1. The Kier molecular flexibility index (Phi) is 17.6. The number of hydrogen-bond acceptors (Lipinski definition) is 9. The van der Waals surface area contributed by atoms with E-state index in [2.05, 4.69) is 81.5 Å². The highest BCUT2D eigenvalue weighted by Crippen LogP contribution is 2.55. The number of allylic oxidation sites excluding steroid dienone is 3. The number of rotatable bonds is 23. The van der Waals surface area contributed by atoms with Gasteiger partial charge in [-0.15, -0.1) is 45.3 Å². The van der Waals surface area contributed by atoms with Crippen molar-refractivity contribution in [1.29, 1.82) is 0 Å². The first-order chi connectivity index (χ1) is 26.4. The predicted octanol–water partition coefficient (Wildman–Crippen LogP) is 15.4. The molecule has 4 rings (SSSR count). The predicted molar refractivity (Wildman–Crippen MR) is 241 cm³/mol. The number of ether oxygens (including phenoxy) is 1. The number of nitrogens with zero attached hydrogens (tertiary/aromatic N) is 1. The van der Waals surface area contributed by atoms with Crippen molar-refractivity contribution < 1.29 is 18.3 Å². The molecule has 0 bridgehead atoms. The van der Waals surface area contributed by atoms with Crippen LogP contribution in [-0.2, 0) is 22.0 Å². The molecular weight excluding hydrogens is 787 g/mol. The van der Waals surface area contributed by atoms with Crippen molar-refractivity contribution in [2.45, 2.75) is 123 Å². The van der Waals surface area contributed by atoms with Crippen molar-refractivity contribution in [3.63, 3.8) is 0 Å². The lowest BCUT2D eigenvalue weighted by Crippen LogP contribution is -2.45. The number of esters is 1. The normalized spacial score (nSPS) is 14.3. The van der Waals surface area contributed by atoms with Crippen molar-refractivity contribution in [3.8, 4) is 19.5 Å². The Labute approximate surface area is 348 Å². The average Bonchev–Trinajstić information content (AvgIpc) is 4.02. The third kappa shape index (κ3) is 10.6. The molecule has 4 aromatic rings. The Morgan fingerprint density at radius 3 is 2.27 bits per heavy atom. The lowest BCUT2D eigenvalue weighted by atomic mass is 9.58. The highest BCUT2D eigenvalue weighted by molar-refractivity contribution is 7.96. The zero-order valence-electron chi connectivity index (χ0n) is 33.7. The monoisotopic (exact) mass is 844 g/mol. The van der Waals surface area contributed by atoms with Crippen LogP contribution in [0.5, 0.6) is 0 Å². The number of carbonyl (C=O) groups excluding carboxylic acids is 1. The van der Waals surface area contributed by atoms with Gasteiger partial charge in [0.05, 0.1) is 24.8 Å². The molecule has 4 heterocycles. The smallest absolute Gasteiger partial charge is 0.338 e. The molecular formula is C44H58F2N2O2S5. The van der Waals surface area contributed by atoms with Gasteiger partial charge in [0, 0.05) is 62.1 Å². The second-order valence-electron chi connectivity index (χ2n) is 14.5. The summed E-state index contributed by atoms with van der Waals surface area (Å²) in [4.78, 5) is 20.2. The fourth-order valence-electron chi connectivity index (χ4n) is 7.75. The minimum atomic E-state index is -1.10. The van der Waals surface area contributed by atoms with Crippen LogP contribution in [0.15, 0.2) is 64.4 Å². The number of methoxy groups -OCH3 is 1. The average molecular weight is 845 g/mol. The first-order valence-corrected chi connectivity index (χ1v) is 23.6. The van der Waals surface area contributed by atoms with Crippen LogP contribution >= 0.6 is 57.5 Å². The molecule has 4 aromatic heterocycles. The van der Waals surface area contributed by atoms with Gasteiger partial charge in [-0.1, -0.05) is 93.1 Å². The van der Waals surface area contributed by atoms with Crippen molar-refractivity contribution in [2.24, 2.45) is 10.3 Å².